The summed E-state index contributed by atoms with van der Waals surface area (Å²) in [6, 6.07) is 0.908. The summed E-state index contributed by atoms with van der Waals surface area (Å²) in [5.41, 5.74) is -1.49. The molecule has 1 unspecified atom stereocenters. The number of carboxylic acid groups (broad SMARTS) is 1. The van der Waals surface area contributed by atoms with Crippen LogP contribution in [-0.4, -0.2) is 33.8 Å². The van der Waals surface area contributed by atoms with Gasteiger partial charge in [-0.3, -0.25) is 10.1 Å². The van der Waals surface area contributed by atoms with Crippen LogP contribution in [0.15, 0.2) is 12.1 Å². The molecule has 0 amide bonds. The number of benzene rings is 1. The van der Waals surface area contributed by atoms with Crippen molar-refractivity contribution in [3.8, 4) is 0 Å². The smallest absolute Gasteiger partial charge is 0.338 e. The molecule has 0 aliphatic rings. The van der Waals surface area contributed by atoms with Crippen molar-refractivity contribution in [2.24, 2.45) is 5.92 Å². The minimum atomic E-state index is -1.58. The number of nitro groups is 1. The molecule has 8 heteroatoms. The molecule has 0 spiro atoms. The van der Waals surface area contributed by atoms with Gasteiger partial charge in [-0.2, -0.15) is 0 Å². The van der Waals surface area contributed by atoms with Crippen molar-refractivity contribution in [3.05, 3.63) is 33.6 Å². The molecule has 20 heavy (non-hydrogen) atoms. The molecule has 1 aromatic rings. The van der Waals surface area contributed by atoms with Gasteiger partial charge in [0.05, 0.1) is 17.6 Å². The highest BCUT2D eigenvalue weighted by Crippen LogP contribution is 2.29. The first-order valence-electron chi connectivity index (χ1n) is 5.86. The Balaban J connectivity index is 3.28. The Kier molecular flexibility index (Phi) is 4.98. The molecule has 1 aromatic carbocycles. The van der Waals surface area contributed by atoms with E-state index < -0.39 is 34.0 Å². The van der Waals surface area contributed by atoms with E-state index in [1.807, 2.05) is 0 Å². The fraction of sp³-hybridized carbons (Fsp3) is 0.417. The average Bonchev–Trinajstić information content (AvgIpc) is 2.34. The standard InChI is InChI=1S/C12H15FN2O5/c1-6(2)10(5-16)14-9-4-8(13)7(12(17)18)3-11(9)15(19)20/h3-4,6,10,14,16H,5H2,1-2H3,(H,17,18). The number of anilines is 1. The molecule has 0 fully saturated rings. The van der Waals surface area contributed by atoms with Gasteiger partial charge in [0.15, 0.2) is 0 Å². The minimum Gasteiger partial charge on any atom is -0.478 e. The van der Waals surface area contributed by atoms with Gasteiger partial charge in [0.25, 0.3) is 5.69 Å². The summed E-state index contributed by atoms with van der Waals surface area (Å²) in [5, 5.41) is 31.5. The summed E-state index contributed by atoms with van der Waals surface area (Å²) in [6.45, 7) is 3.26. The Bertz CT molecular complexity index is 533. The number of aromatic carboxylic acids is 1. The summed E-state index contributed by atoms with van der Waals surface area (Å²) in [6.07, 6.45) is 0. The number of nitro benzene ring substituents is 1. The van der Waals surface area contributed by atoms with Crippen molar-refractivity contribution in [2.45, 2.75) is 19.9 Å². The molecule has 0 saturated heterocycles. The van der Waals surface area contributed by atoms with Crippen molar-refractivity contribution in [1.82, 2.24) is 0 Å². The molecule has 110 valence electrons. The Labute approximate surface area is 114 Å². The van der Waals surface area contributed by atoms with Gasteiger partial charge in [-0.15, -0.1) is 0 Å². The lowest BCUT2D eigenvalue weighted by atomic mass is 10.0. The number of aliphatic hydroxyl groups is 1. The van der Waals surface area contributed by atoms with E-state index in [0.29, 0.717) is 6.07 Å². The van der Waals surface area contributed by atoms with Crippen molar-refractivity contribution in [3.63, 3.8) is 0 Å². The molecule has 0 aliphatic heterocycles. The van der Waals surface area contributed by atoms with Gasteiger partial charge < -0.3 is 15.5 Å². The largest absolute Gasteiger partial charge is 0.478 e. The Morgan fingerprint density at radius 2 is 2.10 bits per heavy atom. The zero-order valence-electron chi connectivity index (χ0n) is 11.0. The van der Waals surface area contributed by atoms with E-state index in [-0.39, 0.29) is 18.2 Å². The highest BCUT2D eigenvalue weighted by Gasteiger charge is 2.24. The third-order valence-electron chi connectivity index (χ3n) is 2.85. The van der Waals surface area contributed by atoms with Crippen LogP contribution in [0.25, 0.3) is 0 Å². The van der Waals surface area contributed by atoms with Gasteiger partial charge >= 0.3 is 5.97 Å². The highest BCUT2D eigenvalue weighted by molar-refractivity contribution is 5.90. The number of nitrogens with one attached hydrogen (secondary N) is 1. The topological polar surface area (TPSA) is 113 Å². The predicted octanol–water partition coefficient (Wildman–Crippen LogP) is 1.86. The van der Waals surface area contributed by atoms with Crippen molar-refractivity contribution in [1.29, 1.82) is 0 Å². The van der Waals surface area contributed by atoms with E-state index in [9.17, 15) is 24.4 Å². The zero-order valence-corrected chi connectivity index (χ0v) is 11.0. The molecule has 0 heterocycles. The predicted molar refractivity (Wildman–Crippen MR) is 69.3 cm³/mol. The molecule has 0 aliphatic carbocycles. The van der Waals surface area contributed by atoms with E-state index in [1.54, 1.807) is 13.8 Å². The Morgan fingerprint density at radius 3 is 2.50 bits per heavy atom. The van der Waals surface area contributed by atoms with E-state index in [1.165, 1.54) is 0 Å². The van der Waals surface area contributed by atoms with Crippen LogP contribution in [0.5, 0.6) is 0 Å². The maximum absolute atomic E-state index is 13.6. The number of hydrogen-bond donors (Lipinski definition) is 3. The van der Waals surface area contributed by atoms with Gasteiger partial charge in [0, 0.05) is 12.1 Å². The van der Waals surface area contributed by atoms with Gasteiger partial charge in [-0.25, -0.2) is 9.18 Å². The molecule has 1 atom stereocenters. The molecule has 1 rings (SSSR count). The Hall–Kier alpha value is -2.22. The van der Waals surface area contributed by atoms with Crippen LogP contribution in [0, 0.1) is 21.8 Å². The number of carbonyl (C=O) groups is 1. The van der Waals surface area contributed by atoms with E-state index >= 15 is 0 Å². The number of halogens is 1. The van der Waals surface area contributed by atoms with Crippen LogP contribution in [0.4, 0.5) is 15.8 Å². The third kappa shape index (κ3) is 3.41. The SMILES string of the molecule is CC(C)C(CO)Nc1cc(F)c(C(=O)O)cc1[N+](=O)[O-]. The minimum absolute atomic E-state index is 0.0539. The molecular weight excluding hydrogens is 271 g/mol. The van der Waals surface area contributed by atoms with Crippen LogP contribution in [0.1, 0.15) is 24.2 Å². The van der Waals surface area contributed by atoms with Crippen LogP contribution in [-0.2, 0) is 0 Å². The second-order valence-corrected chi connectivity index (χ2v) is 4.59. The van der Waals surface area contributed by atoms with Crippen LogP contribution in [0.3, 0.4) is 0 Å². The maximum atomic E-state index is 13.6. The van der Waals surface area contributed by atoms with E-state index in [4.69, 9.17) is 5.11 Å². The van der Waals surface area contributed by atoms with Crippen LogP contribution < -0.4 is 5.32 Å². The number of rotatable bonds is 6. The lowest BCUT2D eigenvalue weighted by molar-refractivity contribution is -0.384. The molecule has 0 bridgehead atoms. The number of nitrogens with zero attached hydrogens (tertiary/aromatic N) is 1. The number of aliphatic hydroxyl groups excluding tert-OH is 1. The summed E-state index contributed by atoms with van der Waals surface area (Å²) < 4.78 is 13.6. The first kappa shape index (κ1) is 15.8. The average molecular weight is 286 g/mol. The van der Waals surface area contributed by atoms with Crippen molar-refractivity contribution in [2.75, 3.05) is 11.9 Å². The van der Waals surface area contributed by atoms with E-state index in [2.05, 4.69) is 5.32 Å². The van der Waals surface area contributed by atoms with Crippen LogP contribution >= 0.6 is 0 Å². The Morgan fingerprint density at radius 1 is 1.50 bits per heavy atom. The normalized spacial score (nSPS) is 12.2. The summed E-state index contributed by atoms with van der Waals surface area (Å²) in [5.74, 6) is -2.72. The summed E-state index contributed by atoms with van der Waals surface area (Å²) in [4.78, 5) is 20.9. The molecule has 0 radical (unpaired) electrons. The fourth-order valence-corrected chi connectivity index (χ4v) is 1.62. The van der Waals surface area contributed by atoms with Gasteiger partial charge in [-0.05, 0) is 5.92 Å². The number of hydrogen-bond acceptors (Lipinski definition) is 5. The maximum Gasteiger partial charge on any atom is 0.338 e. The first-order valence-corrected chi connectivity index (χ1v) is 5.86. The third-order valence-corrected chi connectivity index (χ3v) is 2.85. The lowest BCUT2D eigenvalue weighted by Crippen LogP contribution is -2.29. The molecule has 7 nitrogen and oxygen atoms in total. The molecule has 3 N–H and O–H groups in total. The van der Waals surface area contributed by atoms with Gasteiger partial charge in [0.1, 0.15) is 17.1 Å². The molecule has 0 aromatic heterocycles. The van der Waals surface area contributed by atoms with Crippen LogP contribution in [0.2, 0.25) is 0 Å². The monoisotopic (exact) mass is 286 g/mol. The number of carboxylic acids is 1. The fourth-order valence-electron chi connectivity index (χ4n) is 1.62. The van der Waals surface area contributed by atoms with Gasteiger partial charge in [-0.1, -0.05) is 13.8 Å². The van der Waals surface area contributed by atoms with E-state index in [0.717, 1.165) is 6.07 Å². The molecular formula is C12H15FN2O5. The first-order chi connectivity index (χ1) is 9.27. The second kappa shape index (κ2) is 6.29. The lowest BCUT2D eigenvalue weighted by Gasteiger charge is -2.21. The summed E-state index contributed by atoms with van der Waals surface area (Å²) >= 11 is 0. The highest BCUT2D eigenvalue weighted by atomic mass is 19.1. The van der Waals surface area contributed by atoms with Crippen molar-refractivity contribution < 1.29 is 24.3 Å². The molecule has 0 saturated carbocycles. The van der Waals surface area contributed by atoms with Crippen molar-refractivity contribution >= 4 is 17.3 Å². The van der Waals surface area contributed by atoms with Gasteiger partial charge in [0.2, 0.25) is 0 Å². The summed E-state index contributed by atoms with van der Waals surface area (Å²) in [7, 11) is 0. The zero-order chi connectivity index (χ0) is 15.4. The second-order valence-electron chi connectivity index (χ2n) is 4.59. The quantitative estimate of drug-likeness (QED) is 0.543.